The van der Waals surface area contributed by atoms with Crippen LogP contribution in [-0.2, 0) is 0 Å². The molecular weight excluding hydrogens is 244 g/mol. The van der Waals surface area contributed by atoms with Gasteiger partial charge in [0.15, 0.2) is 0 Å². The molecule has 0 aliphatic rings. The van der Waals surface area contributed by atoms with Crippen LogP contribution >= 0.6 is 15.9 Å². The highest BCUT2D eigenvalue weighted by atomic mass is 79.9. The lowest BCUT2D eigenvalue weighted by atomic mass is 10.3. The van der Waals surface area contributed by atoms with Crippen molar-refractivity contribution in [3.63, 3.8) is 0 Å². The van der Waals surface area contributed by atoms with Crippen molar-refractivity contribution >= 4 is 21.6 Å². The van der Waals surface area contributed by atoms with E-state index in [-0.39, 0.29) is 0 Å². The molecule has 14 heavy (non-hydrogen) atoms. The summed E-state index contributed by atoms with van der Waals surface area (Å²) in [4.78, 5) is 4.42. The lowest BCUT2D eigenvalue weighted by Gasteiger charge is -2.08. The van der Waals surface area contributed by atoms with E-state index in [4.69, 9.17) is 4.74 Å². The Hall–Kier alpha value is -1.03. The van der Waals surface area contributed by atoms with Gasteiger partial charge in [-0.15, -0.1) is 0 Å². The van der Waals surface area contributed by atoms with Gasteiger partial charge >= 0.3 is 0 Å². The molecule has 0 fully saturated rings. The smallest absolute Gasteiger partial charge is 0.143 e. The Labute approximate surface area is 90.8 Å². The van der Waals surface area contributed by atoms with Crippen LogP contribution in [0.2, 0.25) is 0 Å². The Morgan fingerprint density at radius 2 is 2.07 bits per heavy atom. The molecule has 2 aromatic rings. The first kappa shape index (κ1) is 9.52. The predicted molar refractivity (Wildman–Crippen MR) is 58.9 cm³/mol. The molecule has 0 atom stereocenters. The van der Waals surface area contributed by atoms with E-state index >= 15 is 0 Å². The first-order valence-corrected chi connectivity index (χ1v) is 5.11. The van der Waals surface area contributed by atoms with Crippen LogP contribution in [0.3, 0.4) is 0 Å². The summed E-state index contributed by atoms with van der Waals surface area (Å²) in [5.74, 6) is 0.850. The van der Waals surface area contributed by atoms with Crippen LogP contribution in [0.4, 0.5) is 0 Å². The molecule has 0 unspecified atom stereocenters. The number of pyridine rings is 1. The number of rotatable bonds is 1. The van der Waals surface area contributed by atoms with Gasteiger partial charge in [-0.2, -0.15) is 0 Å². The molecule has 0 amide bonds. The minimum Gasteiger partial charge on any atom is -0.495 e. The second kappa shape index (κ2) is 3.28. The summed E-state index contributed by atoms with van der Waals surface area (Å²) in [5, 5.41) is 0. The molecular formula is C10H11BrN2O. The summed E-state index contributed by atoms with van der Waals surface area (Å²) in [6.45, 7) is 3.98. The third-order valence-corrected chi connectivity index (χ3v) is 2.77. The number of aromatic nitrogens is 2. The summed E-state index contributed by atoms with van der Waals surface area (Å²) in [5.41, 5.74) is 3.01. The van der Waals surface area contributed by atoms with Crippen molar-refractivity contribution in [3.05, 3.63) is 28.1 Å². The van der Waals surface area contributed by atoms with E-state index in [2.05, 4.69) is 20.9 Å². The van der Waals surface area contributed by atoms with E-state index in [1.165, 1.54) is 0 Å². The van der Waals surface area contributed by atoms with Gasteiger partial charge in [0.25, 0.3) is 0 Å². The highest BCUT2D eigenvalue weighted by Gasteiger charge is 2.10. The Morgan fingerprint density at radius 1 is 1.36 bits per heavy atom. The second-order valence-corrected chi connectivity index (χ2v) is 4.10. The van der Waals surface area contributed by atoms with Crippen molar-refractivity contribution in [2.45, 2.75) is 13.8 Å². The maximum Gasteiger partial charge on any atom is 0.143 e. The molecule has 0 aliphatic heterocycles. The number of hydrogen-bond acceptors (Lipinski definition) is 2. The molecule has 0 spiro atoms. The van der Waals surface area contributed by atoms with Gasteiger partial charge in [-0.05, 0) is 29.8 Å². The van der Waals surface area contributed by atoms with Crippen LogP contribution in [0.5, 0.6) is 5.75 Å². The van der Waals surface area contributed by atoms with E-state index in [1.54, 1.807) is 7.11 Å². The summed E-state index contributed by atoms with van der Waals surface area (Å²) in [7, 11) is 1.67. The molecule has 0 saturated carbocycles. The zero-order valence-corrected chi connectivity index (χ0v) is 9.92. The van der Waals surface area contributed by atoms with Crippen LogP contribution in [0.25, 0.3) is 5.65 Å². The van der Waals surface area contributed by atoms with Crippen LogP contribution in [-0.4, -0.2) is 16.5 Å². The normalized spacial score (nSPS) is 10.9. The van der Waals surface area contributed by atoms with Gasteiger partial charge in [-0.1, -0.05) is 0 Å². The van der Waals surface area contributed by atoms with Crippen LogP contribution < -0.4 is 4.74 Å². The van der Waals surface area contributed by atoms with E-state index in [0.29, 0.717) is 0 Å². The van der Waals surface area contributed by atoms with E-state index < -0.39 is 0 Å². The average Bonchev–Trinajstić information content (AvgIpc) is 2.47. The Morgan fingerprint density at radius 3 is 2.71 bits per heavy atom. The number of methoxy groups -OCH3 is 1. The van der Waals surface area contributed by atoms with Gasteiger partial charge in [-0.25, -0.2) is 4.98 Å². The SMILES string of the molecule is COc1c(Br)cn2cc(C)nc2c1C. The Kier molecular flexibility index (Phi) is 2.23. The molecule has 0 aromatic carbocycles. The van der Waals surface area contributed by atoms with E-state index in [0.717, 1.165) is 27.1 Å². The molecule has 0 N–H and O–H groups in total. The number of hydrogen-bond donors (Lipinski definition) is 0. The molecule has 2 heterocycles. The number of ether oxygens (including phenoxy) is 1. The largest absolute Gasteiger partial charge is 0.495 e. The maximum absolute atomic E-state index is 5.29. The lowest BCUT2D eigenvalue weighted by molar-refractivity contribution is 0.409. The zero-order valence-electron chi connectivity index (χ0n) is 8.34. The summed E-state index contributed by atoms with van der Waals surface area (Å²) in [6, 6.07) is 0. The number of fused-ring (bicyclic) bond motifs is 1. The third kappa shape index (κ3) is 1.30. The molecule has 0 bridgehead atoms. The van der Waals surface area contributed by atoms with E-state index in [1.807, 2.05) is 30.6 Å². The summed E-state index contributed by atoms with van der Waals surface area (Å²) >= 11 is 3.46. The fraction of sp³-hybridized carbons (Fsp3) is 0.300. The maximum atomic E-state index is 5.29. The van der Waals surface area contributed by atoms with Gasteiger partial charge in [0, 0.05) is 18.0 Å². The quantitative estimate of drug-likeness (QED) is 0.783. The number of imidazole rings is 1. The van der Waals surface area contributed by atoms with Crippen LogP contribution in [0.15, 0.2) is 16.9 Å². The second-order valence-electron chi connectivity index (χ2n) is 3.25. The molecule has 4 heteroatoms. The van der Waals surface area contributed by atoms with Gasteiger partial charge in [-0.3, -0.25) is 0 Å². The Bertz CT molecular complexity index is 490. The van der Waals surface area contributed by atoms with Crippen LogP contribution in [0.1, 0.15) is 11.3 Å². The minimum absolute atomic E-state index is 0.850. The van der Waals surface area contributed by atoms with Crippen molar-refractivity contribution in [2.24, 2.45) is 0 Å². The molecule has 2 aromatic heterocycles. The summed E-state index contributed by atoms with van der Waals surface area (Å²) in [6.07, 6.45) is 3.95. The molecule has 0 saturated heterocycles. The van der Waals surface area contributed by atoms with Gasteiger partial charge in [0.1, 0.15) is 11.4 Å². The van der Waals surface area contributed by atoms with Crippen molar-refractivity contribution < 1.29 is 4.74 Å². The fourth-order valence-corrected chi connectivity index (χ4v) is 2.28. The van der Waals surface area contributed by atoms with Gasteiger partial charge in [0.05, 0.1) is 17.3 Å². The number of halogens is 1. The molecule has 3 nitrogen and oxygen atoms in total. The highest BCUT2D eigenvalue weighted by molar-refractivity contribution is 9.10. The van der Waals surface area contributed by atoms with Crippen molar-refractivity contribution in [1.29, 1.82) is 0 Å². The lowest BCUT2D eigenvalue weighted by Crippen LogP contribution is -1.94. The minimum atomic E-state index is 0.850. The van der Waals surface area contributed by atoms with Crippen molar-refractivity contribution in [3.8, 4) is 5.75 Å². The number of nitrogens with zero attached hydrogens (tertiary/aromatic N) is 2. The van der Waals surface area contributed by atoms with Crippen LogP contribution in [0, 0.1) is 13.8 Å². The van der Waals surface area contributed by atoms with Crippen molar-refractivity contribution in [1.82, 2.24) is 9.38 Å². The number of aryl methyl sites for hydroxylation is 2. The highest BCUT2D eigenvalue weighted by Crippen LogP contribution is 2.30. The Balaban J connectivity index is 2.84. The zero-order chi connectivity index (χ0) is 10.3. The molecule has 74 valence electrons. The molecule has 0 aliphatic carbocycles. The molecule has 0 radical (unpaired) electrons. The summed E-state index contributed by atoms with van der Waals surface area (Å²) < 4.78 is 8.24. The van der Waals surface area contributed by atoms with E-state index in [9.17, 15) is 0 Å². The third-order valence-electron chi connectivity index (χ3n) is 2.20. The van der Waals surface area contributed by atoms with Crippen molar-refractivity contribution in [2.75, 3.05) is 7.11 Å². The predicted octanol–water partition coefficient (Wildman–Crippen LogP) is 2.72. The first-order valence-electron chi connectivity index (χ1n) is 4.32. The monoisotopic (exact) mass is 254 g/mol. The van der Waals surface area contributed by atoms with Gasteiger partial charge in [0.2, 0.25) is 0 Å². The average molecular weight is 255 g/mol. The fourth-order valence-electron chi connectivity index (χ4n) is 1.60. The standard InChI is InChI=1S/C10H11BrN2O/c1-6-4-13-5-8(11)9(14-3)7(2)10(13)12-6/h4-5H,1-3H3. The first-order chi connectivity index (χ1) is 6.63. The molecule has 2 rings (SSSR count). The van der Waals surface area contributed by atoms with Gasteiger partial charge < -0.3 is 9.14 Å². The topological polar surface area (TPSA) is 26.5 Å².